The first-order chi connectivity index (χ1) is 8.71. The first-order valence-corrected chi connectivity index (χ1v) is 5.67. The van der Waals surface area contributed by atoms with Crippen LogP contribution in [-0.4, -0.2) is 59.0 Å². The van der Waals surface area contributed by atoms with E-state index in [1.807, 2.05) is 5.32 Å². The van der Waals surface area contributed by atoms with Crippen molar-refractivity contribution in [1.82, 2.24) is 10.2 Å². The van der Waals surface area contributed by atoms with Gasteiger partial charge in [0.15, 0.2) is 0 Å². The molecule has 0 saturated heterocycles. The third-order valence-electron chi connectivity index (χ3n) is 2.20. The highest BCUT2D eigenvalue weighted by molar-refractivity contribution is 5.82. The number of rotatable bonds is 7. The Hall–Kier alpha value is -1.51. The lowest BCUT2D eigenvalue weighted by Gasteiger charge is -2.25. The molecule has 3 N–H and O–H groups in total. The van der Waals surface area contributed by atoms with Crippen molar-refractivity contribution in [3.05, 3.63) is 0 Å². The number of carbonyl (C=O) groups excluding carboxylic acids is 1. The van der Waals surface area contributed by atoms with E-state index in [0.717, 1.165) is 0 Å². The number of nitrogens with zero attached hydrogens (tertiary/aromatic N) is 1. The van der Waals surface area contributed by atoms with Crippen LogP contribution < -0.4 is 5.32 Å². The van der Waals surface area contributed by atoms with Gasteiger partial charge < -0.3 is 20.4 Å². The van der Waals surface area contributed by atoms with Crippen LogP contribution in [-0.2, 0) is 4.79 Å². The first-order valence-electron chi connectivity index (χ1n) is 5.67. The van der Waals surface area contributed by atoms with Gasteiger partial charge in [-0.3, -0.25) is 0 Å². The topological polar surface area (TPSA) is 89.9 Å². The van der Waals surface area contributed by atoms with Gasteiger partial charge in [0.2, 0.25) is 0 Å². The number of urea groups is 1. The molecule has 0 aromatic heterocycles. The molecule has 0 saturated carbocycles. The van der Waals surface area contributed by atoms with Gasteiger partial charge in [0, 0.05) is 6.54 Å². The molecule has 0 bridgehead atoms. The first kappa shape index (κ1) is 17.5. The lowest BCUT2D eigenvalue weighted by Crippen LogP contribution is -2.51. The summed E-state index contributed by atoms with van der Waals surface area (Å²) in [6.07, 6.45) is -4.05. The van der Waals surface area contributed by atoms with Crippen molar-refractivity contribution in [3.8, 4) is 0 Å². The Morgan fingerprint density at radius 3 is 2.32 bits per heavy atom. The average Bonchev–Trinajstić information content (AvgIpc) is 2.25. The Morgan fingerprint density at radius 1 is 1.37 bits per heavy atom. The molecule has 0 aliphatic rings. The zero-order valence-electron chi connectivity index (χ0n) is 10.4. The Kier molecular flexibility index (Phi) is 7.20. The van der Waals surface area contributed by atoms with E-state index in [9.17, 15) is 22.8 Å². The van der Waals surface area contributed by atoms with Crippen LogP contribution in [0.1, 0.15) is 19.8 Å². The Balaban J connectivity index is 4.65. The smallest absolute Gasteiger partial charge is 0.406 e. The van der Waals surface area contributed by atoms with E-state index in [1.54, 1.807) is 6.92 Å². The van der Waals surface area contributed by atoms with E-state index in [2.05, 4.69) is 0 Å². The molecule has 0 aromatic carbocycles. The number of nitrogens with one attached hydrogen (secondary N) is 1. The maximum atomic E-state index is 12.2. The van der Waals surface area contributed by atoms with Crippen molar-refractivity contribution >= 4 is 12.0 Å². The summed E-state index contributed by atoms with van der Waals surface area (Å²) >= 11 is 0. The molecule has 0 spiro atoms. The van der Waals surface area contributed by atoms with Gasteiger partial charge in [0.05, 0.1) is 6.61 Å². The molecule has 0 fully saturated rings. The third kappa shape index (κ3) is 7.50. The Bertz CT molecular complexity index is 310. The second kappa shape index (κ2) is 7.82. The fourth-order valence-corrected chi connectivity index (χ4v) is 1.38. The zero-order valence-corrected chi connectivity index (χ0v) is 10.4. The number of carbonyl (C=O) groups is 2. The number of hydrogen-bond donors (Lipinski definition) is 3. The van der Waals surface area contributed by atoms with Crippen LogP contribution in [0.2, 0.25) is 0 Å². The number of aliphatic hydroxyl groups excluding tert-OH is 1. The van der Waals surface area contributed by atoms with Gasteiger partial charge in [-0.15, -0.1) is 0 Å². The van der Waals surface area contributed by atoms with Gasteiger partial charge in [-0.2, -0.15) is 13.2 Å². The summed E-state index contributed by atoms with van der Waals surface area (Å²) < 4.78 is 36.6. The molecule has 0 rings (SSSR count). The van der Waals surface area contributed by atoms with Gasteiger partial charge in [-0.05, 0) is 6.42 Å². The van der Waals surface area contributed by atoms with Crippen molar-refractivity contribution in [3.63, 3.8) is 0 Å². The zero-order chi connectivity index (χ0) is 15.1. The summed E-state index contributed by atoms with van der Waals surface area (Å²) in [5, 5.41) is 19.4. The van der Waals surface area contributed by atoms with Gasteiger partial charge in [-0.1, -0.05) is 13.3 Å². The minimum Gasteiger partial charge on any atom is -0.480 e. The number of alkyl halides is 3. The van der Waals surface area contributed by atoms with E-state index < -0.39 is 43.9 Å². The Labute approximate surface area is 108 Å². The number of carboxylic acid groups (broad SMARTS) is 1. The van der Waals surface area contributed by atoms with Crippen LogP contribution in [0.15, 0.2) is 0 Å². The summed E-state index contributed by atoms with van der Waals surface area (Å²) in [6, 6.07) is -2.40. The molecule has 0 aliphatic heterocycles. The molecule has 19 heavy (non-hydrogen) atoms. The number of aliphatic carboxylic acids is 1. The predicted octanol–water partition coefficient (Wildman–Crippen LogP) is 0.806. The number of amides is 2. The third-order valence-corrected chi connectivity index (χ3v) is 2.20. The number of halogens is 3. The maximum Gasteiger partial charge on any atom is 0.406 e. The van der Waals surface area contributed by atoms with Crippen LogP contribution in [0.3, 0.4) is 0 Å². The molecule has 6 nitrogen and oxygen atoms in total. The van der Waals surface area contributed by atoms with Crippen LogP contribution in [0.5, 0.6) is 0 Å². The van der Waals surface area contributed by atoms with Crippen molar-refractivity contribution in [1.29, 1.82) is 0 Å². The molecule has 0 aliphatic carbocycles. The quantitative estimate of drug-likeness (QED) is 0.646. The predicted molar refractivity (Wildman–Crippen MR) is 59.6 cm³/mol. The normalized spacial score (nSPS) is 12.9. The van der Waals surface area contributed by atoms with Gasteiger partial charge >= 0.3 is 18.2 Å². The number of carboxylic acids is 1. The van der Waals surface area contributed by atoms with Crippen LogP contribution >= 0.6 is 0 Å². The standard InChI is InChI=1S/C10H17F3N2O4/c1-2-3-7(8(17)18)14-9(19)15(4-5-16)6-10(11,12)13/h7,16H,2-6H2,1H3,(H,14,19)(H,17,18). The minimum atomic E-state index is -4.62. The van der Waals surface area contributed by atoms with Crippen LogP contribution in [0.4, 0.5) is 18.0 Å². The summed E-state index contributed by atoms with van der Waals surface area (Å²) in [6.45, 7) is -1.03. The number of aliphatic hydroxyl groups is 1. The molecule has 1 unspecified atom stereocenters. The van der Waals surface area contributed by atoms with Gasteiger partial charge in [-0.25, -0.2) is 9.59 Å². The monoisotopic (exact) mass is 286 g/mol. The van der Waals surface area contributed by atoms with E-state index in [-0.39, 0.29) is 6.42 Å². The molecule has 1 atom stereocenters. The van der Waals surface area contributed by atoms with Gasteiger partial charge in [0.1, 0.15) is 12.6 Å². The second-order valence-electron chi connectivity index (χ2n) is 3.89. The van der Waals surface area contributed by atoms with Gasteiger partial charge in [0.25, 0.3) is 0 Å². The SMILES string of the molecule is CCCC(NC(=O)N(CCO)CC(F)(F)F)C(=O)O. The number of hydrogen-bond acceptors (Lipinski definition) is 3. The molecule has 0 heterocycles. The van der Waals surface area contributed by atoms with E-state index >= 15 is 0 Å². The largest absolute Gasteiger partial charge is 0.480 e. The van der Waals surface area contributed by atoms with Crippen molar-refractivity contribution in [2.24, 2.45) is 0 Å². The highest BCUT2D eigenvalue weighted by atomic mass is 19.4. The van der Waals surface area contributed by atoms with E-state index in [1.165, 1.54) is 0 Å². The average molecular weight is 286 g/mol. The summed E-state index contributed by atoms with van der Waals surface area (Å²) in [4.78, 5) is 22.7. The molecule has 2 amide bonds. The Morgan fingerprint density at radius 2 is 1.95 bits per heavy atom. The highest BCUT2D eigenvalue weighted by Crippen LogP contribution is 2.16. The maximum absolute atomic E-state index is 12.2. The summed E-state index contributed by atoms with van der Waals surface area (Å²) in [5.74, 6) is -1.31. The van der Waals surface area contributed by atoms with Crippen molar-refractivity contribution in [2.45, 2.75) is 32.0 Å². The fourth-order valence-electron chi connectivity index (χ4n) is 1.38. The highest BCUT2D eigenvalue weighted by Gasteiger charge is 2.33. The minimum absolute atomic E-state index is 0.111. The molecule has 0 radical (unpaired) electrons. The van der Waals surface area contributed by atoms with E-state index in [0.29, 0.717) is 11.3 Å². The van der Waals surface area contributed by atoms with Crippen LogP contribution in [0, 0.1) is 0 Å². The lowest BCUT2D eigenvalue weighted by molar-refractivity contribution is -0.141. The van der Waals surface area contributed by atoms with E-state index in [4.69, 9.17) is 10.2 Å². The summed E-state index contributed by atoms with van der Waals surface area (Å²) in [5.41, 5.74) is 0. The van der Waals surface area contributed by atoms with Crippen molar-refractivity contribution < 1.29 is 33.0 Å². The lowest BCUT2D eigenvalue weighted by atomic mass is 10.2. The molecular weight excluding hydrogens is 269 g/mol. The fraction of sp³-hybridized carbons (Fsp3) is 0.800. The summed E-state index contributed by atoms with van der Waals surface area (Å²) in [7, 11) is 0. The second-order valence-corrected chi connectivity index (χ2v) is 3.89. The van der Waals surface area contributed by atoms with Crippen LogP contribution in [0.25, 0.3) is 0 Å². The molecule has 112 valence electrons. The van der Waals surface area contributed by atoms with Crippen molar-refractivity contribution in [2.75, 3.05) is 19.7 Å². The molecular formula is C10H17F3N2O4. The molecule has 0 aromatic rings. The molecule has 9 heteroatoms.